The molecule has 2 fully saturated rings. The molecule has 10 heteroatoms. The standard InChI is InChI=1S/C35H37N3O7/c39-31(45-21-22-7-3-1-4-8-22)18-17-30(38-33(41)25-13-11-24(12-14-25)23-9-5-2-6-10-23)34(42)37-26-15-16-29-27(19-26)32(40)28(20-36-29)35(43)44/h1-14,26-30,36H,15-21H2,(H,37,42)(H,38,41)(H,43,44)/t26?,27?,28?,29?,30-/m0/s1. The second-order valence-electron chi connectivity index (χ2n) is 11.6. The van der Waals surface area contributed by atoms with Crippen molar-refractivity contribution in [2.24, 2.45) is 11.8 Å². The molecule has 1 heterocycles. The molecule has 45 heavy (non-hydrogen) atoms. The molecule has 4 unspecified atom stereocenters. The predicted molar refractivity (Wildman–Crippen MR) is 166 cm³/mol. The summed E-state index contributed by atoms with van der Waals surface area (Å²) in [5.74, 6) is -4.56. The van der Waals surface area contributed by atoms with Crippen molar-refractivity contribution in [3.63, 3.8) is 0 Å². The van der Waals surface area contributed by atoms with Crippen molar-refractivity contribution < 1.29 is 33.8 Å². The number of Topliss-reactive ketones (excluding diaryl/α,β-unsaturated/α-hetero) is 1. The zero-order valence-corrected chi connectivity index (χ0v) is 24.8. The van der Waals surface area contributed by atoms with Gasteiger partial charge in [-0.1, -0.05) is 72.8 Å². The Kier molecular flexibility index (Phi) is 10.4. The van der Waals surface area contributed by atoms with Crippen LogP contribution >= 0.6 is 0 Å². The summed E-state index contributed by atoms with van der Waals surface area (Å²) >= 11 is 0. The average Bonchev–Trinajstić information content (AvgIpc) is 3.06. The van der Waals surface area contributed by atoms with Gasteiger partial charge in [0.25, 0.3) is 5.91 Å². The largest absolute Gasteiger partial charge is 0.481 e. The van der Waals surface area contributed by atoms with Gasteiger partial charge in [0.2, 0.25) is 5.91 Å². The van der Waals surface area contributed by atoms with E-state index in [1.165, 1.54) is 0 Å². The second-order valence-corrected chi connectivity index (χ2v) is 11.6. The van der Waals surface area contributed by atoms with Gasteiger partial charge in [0.15, 0.2) is 5.78 Å². The van der Waals surface area contributed by atoms with Crippen molar-refractivity contribution in [1.29, 1.82) is 0 Å². The Hall–Kier alpha value is -4.83. The van der Waals surface area contributed by atoms with E-state index in [0.717, 1.165) is 16.7 Å². The molecule has 0 radical (unpaired) electrons. The number of rotatable bonds is 11. The molecular weight excluding hydrogens is 574 g/mol. The van der Waals surface area contributed by atoms with E-state index >= 15 is 0 Å². The van der Waals surface area contributed by atoms with E-state index in [2.05, 4.69) is 16.0 Å². The number of piperidine rings is 1. The lowest BCUT2D eigenvalue weighted by Crippen LogP contribution is -2.59. The van der Waals surface area contributed by atoms with E-state index < -0.39 is 41.6 Å². The minimum Gasteiger partial charge on any atom is -0.481 e. The number of benzene rings is 3. The molecule has 1 aliphatic carbocycles. The molecule has 5 atom stereocenters. The Morgan fingerprint density at radius 1 is 0.889 bits per heavy atom. The molecule has 4 N–H and O–H groups in total. The number of esters is 1. The highest BCUT2D eigenvalue weighted by Gasteiger charge is 2.44. The van der Waals surface area contributed by atoms with Crippen molar-refractivity contribution in [2.45, 2.75) is 56.8 Å². The molecule has 3 aromatic carbocycles. The van der Waals surface area contributed by atoms with E-state index in [1.54, 1.807) is 12.1 Å². The van der Waals surface area contributed by atoms with E-state index in [1.807, 2.05) is 72.8 Å². The maximum absolute atomic E-state index is 13.6. The lowest BCUT2D eigenvalue weighted by Gasteiger charge is -2.41. The molecule has 234 valence electrons. The first-order valence-corrected chi connectivity index (χ1v) is 15.2. The van der Waals surface area contributed by atoms with Crippen LogP contribution in [0.15, 0.2) is 84.9 Å². The maximum atomic E-state index is 13.6. The van der Waals surface area contributed by atoms with Gasteiger partial charge >= 0.3 is 11.9 Å². The summed E-state index contributed by atoms with van der Waals surface area (Å²) in [5.41, 5.74) is 3.14. The molecule has 0 aromatic heterocycles. The third kappa shape index (κ3) is 8.21. The molecule has 2 aliphatic rings. The fourth-order valence-electron chi connectivity index (χ4n) is 6.03. The highest BCUT2D eigenvalue weighted by Crippen LogP contribution is 2.31. The summed E-state index contributed by atoms with van der Waals surface area (Å²) in [6.07, 6.45) is 1.40. The Morgan fingerprint density at radius 2 is 1.56 bits per heavy atom. The smallest absolute Gasteiger partial charge is 0.315 e. The van der Waals surface area contributed by atoms with E-state index in [-0.39, 0.29) is 43.9 Å². The van der Waals surface area contributed by atoms with Crippen molar-refractivity contribution in [3.05, 3.63) is 96.1 Å². The van der Waals surface area contributed by atoms with Crippen LogP contribution in [0.1, 0.15) is 48.0 Å². The van der Waals surface area contributed by atoms with Gasteiger partial charge in [0, 0.05) is 36.5 Å². The summed E-state index contributed by atoms with van der Waals surface area (Å²) in [7, 11) is 0. The van der Waals surface area contributed by atoms with Gasteiger partial charge in [-0.25, -0.2) is 0 Å². The summed E-state index contributed by atoms with van der Waals surface area (Å²) in [6.45, 7) is 0.202. The number of carboxylic acid groups (broad SMARTS) is 1. The molecule has 2 amide bonds. The number of hydrogen-bond donors (Lipinski definition) is 4. The Bertz CT molecular complexity index is 1510. The van der Waals surface area contributed by atoms with Gasteiger partial charge in [0.1, 0.15) is 18.6 Å². The van der Waals surface area contributed by atoms with Crippen molar-refractivity contribution in [3.8, 4) is 11.1 Å². The Morgan fingerprint density at radius 3 is 2.24 bits per heavy atom. The number of carbonyl (C=O) groups is 5. The molecule has 1 saturated heterocycles. The minimum absolute atomic E-state index is 0.00758. The lowest BCUT2D eigenvalue weighted by atomic mass is 9.73. The number of amides is 2. The number of carbonyl (C=O) groups excluding carboxylic acids is 4. The first kappa shape index (κ1) is 31.6. The minimum atomic E-state index is -1.16. The SMILES string of the molecule is O=C(CC[C@H](NC(=O)c1ccc(-c2ccccc2)cc1)C(=O)NC1CCC2NCC(C(=O)O)C(=O)C2C1)OCc1ccccc1. The summed E-state index contributed by atoms with van der Waals surface area (Å²) < 4.78 is 5.38. The lowest BCUT2D eigenvalue weighted by molar-refractivity contribution is -0.150. The third-order valence-corrected chi connectivity index (χ3v) is 8.54. The maximum Gasteiger partial charge on any atom is 0.315 e. The first-order valence-electron chi connectivity index (χ1n) is 15.2. The van der Waals surface area contributed by atoms with Gasteiger partial charge in [-0.3, -0.25) is 24.0 Å². The number of ether oxygens (including phenoxy) is 1. The Balaban J connectivity index is 1.24. The fourth-order valence-corrected chi connectivity index (χ4v) is 6.03. The van der Waals surface area contributed by atoms with Crippen LogP contribution in [-0.2, 0) is 30.5 Å². The topological polar surface area (TPSA) is 151 Å². The zero-order chi connectivity index (χ0) is 31.8. The molecule has 0 bridgehead atoms. The predicted octanol–water partition coefficient (Wildman–Crippen LogP) is 3.50. The number of nitrogens with one attached hydrogen (secondary N) is 3. The van der Waals surface area contributed by atoms with E-state index in [0.29, 0.717) is 24.8 Å². The highest BCUT2D eigenvalue weighted by atomic mass is 16.5. The van der Waals surface area contributed by atoms with Crippen molar-refractivity contribution in [2.75, 3.05) is 6.54 Å². The Labute approximate surface area is 261 Å². The molecule has 1 aliphatic heterocycles. The zero-order valence-electron chi connectivity index (χ0n) is 24.8. The van der Waals surface area contributed by atoms with Crippen LogP contribution < -0.4 is 16.0 Å². The van der Waals surface area contributed by atoms with Gasteiger partial charge in [-0.2, -0.15) is 0 Å². The molecule has 3 aromatic rings. The summed E-state index contributed by atoms with van der Waals surface area (Å²) in [6, 6.07) is 24.4. The van der Waals surface area contributed by atoms with Gasteiger partial charge in [0.05, 0.1) is 0 Å². The van der Waals surface area contributed by atoms with Gasteiger partial charge in [-0.05, 0) is 54.5 Å². The van der Waals surface area contributed by atoms with Gasteiger partial charge in [-0.15, -0.1) is 0 Å². The molecular formula is C35H37N3O7. The molecule has 0 spiro atoms. The van der Waals surface area contributed by atoms with Crippen molar-refractivity contribution >= 4 is 29.5 Å². The summed E-state index contributed by atoms with van der Waals surface area (Å²) in [5, 5.41) is 18.3. The summed E-state index contributed by atoms with van der Waals surface area (Å²) in [4.78, 5) is 63.8. The van der Waals surface area contributed by atoms with Crippen LogP contribution in [0.25, 0.3) is 11.1 Å². The molecule has 1 saturated carbocycles. The van der Waals surface area contributed by atoms with Crippen molar-refractivity contribution in [1.82, 2.24) is 16.0 Å². The number of ketones is 1. The van der Waals surface area contributed by atoms with Crippen LogP contribution in [0.3, 0.4) is 0 Å². The van der Waals surface area contributed by atoms with Gasteiger partial charge < -0.3 is 25.8 Å². The van der Waals surface area contributed by atoms with Crippen LogP contribution in [0.4, 0.5) is 0 Å². The number of fused-ring (bicyclic) bond motifs is 1. The number of aliphatic carboxylic acids is 1. The normalized spacial score (nSPS) is 21.6. The first-order chi connectivity index (χ1) is 21.8. The quantitative estimate of drug-likeness (QED) is 0.190. The monoisotopic (exact) mass is 611 g/mol. The fraction of sp³-hybridized carbons (Fsp3) is 0.343. The average molecular weight is 612 g/mol. The van der Waals surface area contributed by atoms with Crippen LogP contribution in [-0.4, -0.2) is 59.3 Å². The third-order valence-electron chi connectivity index (χ3n) is 8.54. The van der Waals surface area contributed by atoms with E-state index in [9.17, 15) is 29.1 Å². The molecule has 5 rings (SSSR count). The molecule has 10 nitrogen and oxygen atoms in total. The van der Waals surface area contributed by atoms with E-state index in [4.69, 9.17) is 4.74 Å². The number of carboxylic acids is 1. The highest BCUT2D eigenvalue weighted by molar-refractivity contribution is 6.01. The van der Waals surface area contributed by atoms with Crippen LogP contribution in [0, 0.1) is 11.8 Å². The number of hydrogen-bond acceptors (Lipinski definition) is 7. The second kappa shape index (κ2) is 14.8. The van der Waals surface area contributed by atoms with Crippen LogP contribution in [0.2, 0.25) is 0 Å². The van der Waals surface area contributed by atoms with Crippen LogP contribution in [0.5, 0.6) is 0 Å².